The first-order valence-electron chi connectivity index (χ1n) is 10.2. The van der Waals surface area contributed by atoms with Crippen molar-refractivity contribution in [3.05, 3.63) is 69.0 Å². The van der Waals surface area contributed by atoms with Gasteiger partial charge in [0, 0.05) is 17.7 Å². The minimum absolute atomic E-state index is 0.0217. The minimum Gasteiger partial charge on any atom is -0.323 e. The Morgan fingerprint density at radius 3 is 2.41 bits per heavy atom. The molecular weight excluding hydrogens is 441 g/mol. The summed E-state index contributed by atoms with van der Waals surface area (Å²) < 4.78 is 13.3. The van der Waals surface area contributed by atoms with Crippen LogP contribution in [0.3, 0.4) is 0 Å². The third-order valence-corrected chi connectivity index (χ3v) is 6.21. The van der Waals surface area contributed by atoms with Crippen LogP contribution in [0, 0.1) is 15.9 Å². The Hall–Kier alpha value is -3.33. The van der Waals surface area contributed by atoms with Gasteiger partial charge >= 0.3 is 0 Å². The molecule has 2 aromatic rings. The van der Waals surface area contributed by atoms with Crippen LogP contribution in [0.1, 0.15) is 42.5 Å². The van der Waals surface area contributed by atoms with Crippen molar-refractivity contribution in [2.24, 2.45) is 0 Å². The highest BCUT2D eigenvalue weighted by Gasteiger charge is 2.47. The van der Waals surface area contributed by atoms with E-state index in [2.05, 4.69) is 0 Å². The van der Waals surface area contributed by atoms with Crippen molar-refractivity contribution < 1.29 is 23.7 Å². The molecule has 32 heavy (non-hydrogen) atoms. The second kappa shape index (κ2) is 8.66. The Kier molecular flexibility index (Phi) is 5.92. The lowest BCUT2D eigenvalue weighted by molar-refractivity contribution is -0.384. The molecule has 3 amide bonds. The van der Waals surface area contributed by atoms with Gasteiger partial charge in [0.05, 0.1) is 17.0 Å². The van der Waals surface area contributed by atoms with Gasteiger partial charge in [0.2, 0.25) is 5.91 Å². The third kappa shape index (κ3) is 3.95. The summed E-state index contributed by atoms with van der Waals surface area (Å²) in [5.74, 6) is -2.14. The molecule has 1 aliphatic carbocycles. The maximum Gasteiger partial charge on any atom is 0.288 e. The van der Waals surface area contributed by atoms with Gasteiger partial charge in [-0.2, -0.15) is 0 Å². The first-order valence-corrected chi connectivity index (χ1v) is 10.5. The van der Waals surface area contributed by atoms with Crippen LogP contribution < -0.4 is 4.90 Å². The molecule has 1 saturated carbocycles. The molecule has 10 heteroatoms. The molecule has 1 unspecified atom stereocenters. The first kappa shape index (κ1) is 21.9. The van der Waals surface area contributed by atoms with E-state index in [4.69, 9.17) is 11.6 Å². The fraction of sp³-hybridized carbons (Fsp3) is 0.318. The number of carbonyl (C=O) groups is 3. The number of nitro benzene ring substituents is 1. The average molecular weight is 460 g/mol. The number of amides is 3. The Bertz CT molecular complexity index is 1100. The molecule has 8 nitrogen and oxygen atoms in total. The maximum absolute atomic E-state index is 13.5. The highest BCUT2D eigenvalue weighted by molar-refractivity contribution is 6.32. The van der Waals surface area contributed by atoms with E-state index in [-0.39, 0.29) is 28.7 Å². The third-order valence-electron chi connectivity index (χ3n) is 5.89. The Morgan fingerprint density at radius 2 is 1.78 bits per heavy atom. The number of hydrogen-bond acceptors (Lipinski definition) is 5. The van der Waals surface area contributed by atoms with E-state index >= 15 is 0 Å². The van der Waals surface area contributed by atoms with Gasteiger partial charge in [0.25, 0.3) is 17.5 Å². The molecule has 2 fully saturated rings. The lowest BCUT2D eigenvalue weighted by Crippen LogP contribution is -2.50. The van der Waals surface area contributed by atoms with Crippen molar-refractivity contribution in [2.75, 3.05) is 4.90 Å². The Labute approximate surface area is 187 Å². The lowest BCUT2D eigenvalue weighted by Gasteiger charge is -2.33. The molecule has 0 bridgehead atoms. The van der Waals surface area contributed by atoms with Crippen molar-refractivity contribution >= 4 is 40.7 Å². The van der Waals surface area contributed by atoms with Gasteiger partial charge in [-0.25, -0.2) is 9.29 Å². The number of carbonyl (C=O) groups excluding carboxylic acids is 3. The predicted molar refractivity (Wildman–Crippen MR) is 114 cm³/mol. The van der Waals surface area contributed by atoms with Gasteiger partial charge < -0.3 is 4.90 Å². The molecule has 0 radical (unpaired) electrons. The fourth-order valence-corrected chi connectivity index (χ4v) is 4.56. The number of anilines is 1. The molecular formula is C22H19ClFN3O5. The molecule has 1 saturated heterocycles. The van der Waals surface area contributed by atoms with Crippen LogP contribution in [0.15, 0.2) is 42.5 Å². The number of nitro groups is 1. The maximum atomic E-state index is 13.5. The van der Waals surface area contributed by atoms with Crippen LogP contribution in [-0.2, 0) is 9.59 Å². The molecule has 1 heterocycles. The van der Waals surface area contributed by atoms with Gasteiger partial charge in [-0.1, -0.05) is 24.4 Å². The van der Waals surface area contributed by atoms with E-state index in [9.17, 15) is 28.9 Å². The van der Waals surface area contributed by atoms with Crippen molar-refractivity contribution in [1.29, 1.82) is 0 Å². The summed E-state index contributed by atoms with van der Waals surface area (Å²) in [6.45, 7) is 0. The van der Waals surface area contributed by atoms with Gasteiger partial charge in [-0.3, -0.25) is 24.5 Å². The van der Waals surface area contributed by atoms with Crippen molar-refractivity contribution in [1.82, 2.24) is 4.90 Å². The number of nitrogens with zero attached hydrogens (tertiary/aromatic N) is 3. The van der Waals surface area contributed by atoms with Crippen LogP contribution in [0.4, 0.5) is 15.8 Å². The summed E-state index contributed by atoms with van der Waals surface area (Å²) in [6.07, 6.45) is 2.84. The summed E-state index contributed by atoms with van der Waals surface area (Å²) in [6, 6.07) is 7.38. The van der Waals surface area contributed by atoms with Gasteiger partial charge in [-0.15, -0.1) is 0 Å². The van der Waals surface area contributed by atoms with E-state index in [1.54, 1.807) is 0 Å². The number of hydrogen-bond donors (Lipinski definition) is 0. The topological polar surface area (TPSA) is 101 Å². The molecule has 1 atom stereocenters. The zero-order chi connectivity index (χ0) is 23.0. The number of halogens is 2. The van der Waals surface area contributed by atoms with Crippen molar-refractivity contribution in [3.8, 4) is 0 Å². The summed E-state index contributed by atoms with van der Waals surface area (Å²) in [7, 11) is 0. The van der Waals surface area contributed by atoms with Crippen LogP contribution in [0.25, 0.3) is 0 Å². The zero-order valence-electron chi connectivity index (χ0n) is 16.9. The lowest BCUT2D eigenvalue weighted by atomic mass is 10.1. The molecule has 2 aliphatic rings. The molecule has 4 rings (SSSR count). The van der Waals surface area contributed by atoms with Crippen LogP contribution in [-0.4, -0.2) is 39.6 Å². The number of imide groups is 1. The van der Waals surface area contributed by atoms with Gasteiger partial charge in [0.1, 0.15) is 16.9 Å². The average Bonchev–Trinajstić information content (AvgIpc) is 3.38. The van der Waals surface area contributed by atoms with E-state index in [1.807, 2.05) is 0 Å². The van der Waals surface area contributed by atoms with Gasteiger partial charge in [0.15, 0.2) is 0 Å². The highest BCUT2D eigenvalue weighted by Crippen LogP contribution is 2.34. The molecule has 166 valence electrons. The van der Waals surface area contributed by atoms with E-state index < -0.39 is 40.2 Å². The normalized spacial score (nSPS) is 18.9. The summed E-state index contributed by atoms with van der Waals surface area (Å²) in [4.78, 5) is 52.4. The van der Waals surface area contributed by atoms with E-state index in [0.29, 0.717) is 12.8 Å². The van der Waals surface area contributed by atoms with Crippen LogP contribution >= 0.6 is 11.6 Å². The number of rotatable bonds is 5. The summed E-state index contributed by atoms with van der Waals surface area (Å²) >= 11 is 5.87. The summed E-state index contributed by atoms with van der Waals surface area (Å²) in [5, 5.41) is 11.2. The molecule has 0 N–H and O–H groups in total. The zero-order valence-corrected chi connectivity index (χ0v) is 17.6. The van der Waals surface area contributed by atoms with E-state index in [0.717, 1.165) is 35.9 Å². The second-order valence-electron chi connectivity index (χ2n) is 7.84. The number of benzene rings is 2. The van der Waals surface area contributed by atoms with E-state index in [1.165, 1.54) is 29.2 Å². The predicted octanol–water partition coefficient (Wildman–Crippen LogP) is 4.10. The quantitative estimate of drug-likeness (QED) is 0.380. The largest absolute Gasteiger partial charge is 0.323 e. The van der Waals surface area contributed by atoms with Crippen LogP contribution in [0.2, 0.25) is 5.02 Å². The first-order chi connectivity index (χ1) is 15.3. The second-order valence-corrected chi connectivity index (χ2v) is 8.24. The molecule has 2 aromatic carbocycles. The van der Waals surface area contributed by atoms with Crippen molar-refractivity contribution in [2.45, 2.75) is 44.2 Å². The smallest absolute Gasteiger partial charge is 0.288 e. The fourth-order valence-electron chi connectivity index (χ4n) is 4.37. The minimum atomic E-state index is -1.04. The monoisotopic (exact) mass is 459 g/mol. The van der Waals surface area contributed by atoms with Crippen molar-refractivity contribution in [3.63, 3.8) is 0 Å². The molecule has 0 spiro atoms. The Morgan fingerprint density at radius 1 is 1.12 bits per heavy atom. The Balaban J connectivity index is 1.70. The van der Waals surface area contributed by atoms with Crippen LogP contribution in [0.5, 0.6) is 0 Å². The molecule has 1 aliphatic heterocycles. The summed E-state index contributed by atoms with van der Waals surface area (Å²) in [5.41, 5.74) is -0.163. The van der Waals surface area contributed by atoms with Gasteiger partial charge in [-0.05, 0) is 49.2 Å². The standard InChI is InChI=1S/C22H19ClFN3O5/c23-17-10-5-13(11-18(17)27(31)32)21(29)25(15-3-1-2-4-15)19-12-20(28)26(22(19)30)16-8-6-14(24)7-9-16/h5-11,15,19H,1-4,12H2. The SMILES string of the molecule is O=C1CC(N(C(=O)c2ccc(Cl)c([N+](=O)[O-])c2)C2CCCC2)C(=O)N1c1ccc(F)cc1. The highest BCUT2D eigenvalue weighted by atomic mass is 35.5. The molecule has 0 aromatic heterocycles.